The smallest absolute Gasteiger partial charge is 0.317 e. The summed E-state index contributed by atoms with van der Waals surface area (Å²) in [6.07, 6.45) is 10.7. The van der Waals surface area contributed by atoms with Gasteiger partial charge in [-0.1, -0.05) is 19.4 Å². The fourth-order valence-electron chi connectivity index (χ4n) is 3.66. The summed E-state index contributed by atoms with van der Waals surface area (Å²) in [7, 11) is 0. The molecule has 5 nitrogen and oxygen atoms in total. The van der Waals surface area contributed by atoms with Crippen LogP contribution in [-0.4, -0.2) is 41.7 Å². The highest BCUT2D eigenvalue weighted by atomic mass is 16.5. The number of piperidine rings is 1. The first-order valence-corrected chi connectivity index (χ1v) is 9.24. The molecular formula is C19H29N3O2. The highest BCUT2D eigenvalue weighted by Crippen LogP contribution is 2.43. The molecule has 0 bridgehead atoms. The van der Waals surface area contributed by atoms with Crippen molar-refractivity contribution in [2.45, 2.75) is 58.2 Å². The SMILES string of the molecule is CCC1(CNC(=O)N2CCC[C@H](OCc3cccnc3)C2)CCC1. The quantitative estimate of drug-likeness (QED) is 0.870. The van der Waals surface area contributed by atoms with Gasteiger partial charge in [0.1, 0.15) is 0 Å². The molecule has 132 valence electrons. The molecule has 0 unspecified atom stereocenters. The van der Waals surface area contributed by atoms with Crippen LogP contribution in [-0.2, 0) is 11.3 Å². The van der Waals surface area contributed by atoms with Crippen LogP contribution in [0.1, 0.15) is 51.0 Å². The van der Waals surface area contributed by atoms with Crippen LogP contribution in [0.5, 0.6) is 0 Å². The molecule has 5 heteroatoms. The van der Waals surface area contributed by atoms with E-state index in [-0.39, 0.29) is 12.1 Å². The number of hydrogen-bond donors (Lipinski definition) is 1. The summed E-state index contributed by atoms with van der Waals surface area (Å²) >= 11 is 0. The highest BCUT2D eigenvalue weighted by Gasteiger charge is 2.36. The lowest BCUT2D eigenvalue weighted by Crippen LogP contribution is -2.51. The van der Waals surface area contributed by atoms with E-state index in [1.165, 1.54) is 19.3 Å². The van der Waals surface area contributed by atoms with Crippen molar-refractivity contribution in [2.75, 3.05) is 19.6 Å². The average Bonchev–Trinajstić information content (AvgIpc) is 2.60. The number of nitrogens with zero attached hydrogens (tertiary/aromatic N) is 2. The normalized spacial score (nSPS) is 22.7. The molecule has 1 saturated heterocycles. The van der Waals surface area contributed by atoms with Gasteiger partial charge in [-0.3, -0.25) is 4.98 Å². The number of likely N-dealkylation sites (tertiary alicyclic amines) is 1. The lowest BCUT2D eigenvalue weighted by atomic mass is 9.67. The Balaban J connectivity index is 1.43. The zero-order valence-corrected chi connectivity index (χ0v) is 14.7. The van der Waals surface area contributed by atoms with Crippen LogP contribution < -0.4 is 5.32 Å². The van der Waals surface area contributed by atoms with Crippen molar-refractivity contribution < 1.29 is 9.53 Å². The Morgan fingerprint density at radius 2 is 2.33 bits per heavy atom. The van der Waals surface area contributed by atoms with E-state index in [1.807, 2.05) is 23.2 Å². The van der Waals surface area contributed by atoms with Crippen LogP contribution in [0.15, 0.2) is 24.5 Å². The van der Waals surface area contributed by atoms with Crippen LogP contribution in [0.3, 0.4) is 0 Å². The van der Waals surface area contributed by atoms with Gasteiger partial charge in [0, 0.05) is 32.0 Å². The van der Waals surface area contributed by atoms with Gasteiger partial charge in [0.15, 0.2) is 0 Å². The van der Waals surface area contributed by atoms with Gasteiger partial charge < -0.3 is 15.0 Å². The van der Waals surface area contributed by atoms with E-state index in [4.69, 9.17) is 4.74 Å². The van der Waals surface area contributed by atoms with E-state index in [0.717, 1.165) is 37.9 Å². The molecule has 1 N–H and O–H groups in total. The van der Waals surface area contributed by atoms with Crippen LogP contribution in [0.25, 0.3) is 0 Å². The first-order chi connectivity index (χ1) is 11.7. The van der Waals surface area contributed by atoms with Crippen molar-refractivity contribution in [1.82, 2.24) is 15.2 Å². The van der Waals surface area contributed by atoms with E-state index in [1.54, 1.807) is 6.20 Å². The second kappa shape index (κ2) is 7.97. The highest BCUT2D eigenvalue weighted by molar-refractivity contribution is 5.74. The van der Waals surface area contributed by atoms with Crippen molar-refractivity contribution in [3.63, 3.8) is 0 Å². The summed E-state index contributed by atoms with van der Waals surface area (Å²) in [5.74, 6) is 0. The van der Waals surface area contributed by atoms with Crippen molar-refractivity contribution >= 4 is 6.03 Å². The molecule has 1 saturated carbocycles. The van der Waals surface area contributed by atoms with Gasteiger partial charge in [0.05, 0.1) is 12.7 Å². The zero-order valence-electron chi connectivity index (χ0n) is 14.7. The number of pyridine rings is 1. The maximum Gasteiger partial charge on any atom is 0.317 e. The van der Waals surface area contributed by atoms with Crippen molar-refractivity contribution in [3.05, 3.63) is 30.1 Å². The molecule has 3 rings (SSSR count). The van der Waals surface area contributed by atoms with Gasteiger partial charge in [-0.2, -0.15) is 0 Å². The Morgan fingerprint density at radius 1 is 1.46 bits per heavy atom. The minimum absolute atomic E-state index is 0.0735. The maximum atomic E-state index is 12.5. The van der Waals surface area contributed by atoms with Crippen LogP contribution in [0, 0.1) is 5.41 Å². The Hall–Kier alpha value is -1.62. The number of carbonyl (C=O) groups is 1. The molecule has 1 aliphatic carbocycles. The van der Waals surface area contributed by atoms with Gasteiger partial charge in [0.25, 0.3) is 0 Å². The summed E-state index contributed by atoms with van der Waals surface area (Å²) in [5.41, 5.74) is 1.44. The molecule has 1 aromatic rings. The number of hydrogen-bond acceptors (Lipinski definition) is 3. The van der Waals surface area contributed by atoms with Gasteiger partial charge in [-0.15, -0.1) is 0 Å². The summed E-state index contributed by atoms with van der Waals surface area (Å²) < 4.78 is 5.99. The second-order valence-corrected chi connectivity index (χ2v) is 7.25. The van der Waals surface area contributed by atoms with Gasteiger partial charge >= 0.3 is 6.03 Å². The van der Waals surface area contributed by atoms with E-state index in [9.17, 15) is 4.79 Å². The fraction of sp³-hybridized carbons (Fsp3) is 0.684. The third-order valence-corrected chi connectivity index (χ3v) is 5.65. The first kappa shape index (κ1) is 17.2. The molecule has 1 aromatic heterocycles. The third-order valence-electron chi connectivity index (χ3n) is 5.65. The molecule has 24 heavy (non-hydrogen) atoms. The molecule has 1 aliphatic heterocycles. The molecule has 1 atom stereocenters. The van der Waals surface area contributed by atoms with Crippen LogP contribution >= 0.6 is 0 Å². The molecule has 2 amide bonds. The minimum Gasteiger partial charge on any atom is -0.372 e. The first-order valence-electron chi connectivity index (χ1n) is 9.24. The van der Waals surface area contributed by atoms with E-state index < -0.39 is 0 Å². The second-order valence-electron chi connectivity index (χ2n) is 7.25. The summed E-state index contributed by atoms with van der Waals surface area (Å²) in [6.45, 7) is 5.13. The average molecular weight is 331 g/mol. The number of urea groups is 1. The van der Waals surface area contributed by atoms with Gasteiger partial charge in [-0.25, -0.2) is 4.79 Å². The Bertz CT molecular complexity index is 525. The number of rotatable bonds is 6. The Labute approximate surface area is 144 Å². The van der Waals surface area contributed by atoms with Crippen molar-refractivity contribution in [2.24, 2.45) is 5.41 Å². The number of aromatic nitrogens is 1. The number of ether oxygens (including phenoxy) is 1. The topological polar surface area (TPSA) is 54.5 Å². The summed E-state index contributed by atoms with van der Waals surface area (Å²) in [6, 6.07) is 4.01. The predicted molar refractivity (Wildman–Crippen MR) is 93.6 cm³/mol. The predicted octanol–water partition coefficient (Wildman–Crippen LogP) is 3.35. The van der Waals surface area contributed by atoms with Crippen LogP contribution in [0.2, 0.25) is 0 Å². The molecule has 2 heterocycles. The minimum atomic E-state index is 0.0735. The summed E-state index contributed by atoms with van der Waals surface area (Å²) in [5, 5.41) is 3.16. The standard InChI is InChI=1S/C19H29N3O2/c1-2-19(8-5-9-19)15-21-18(23)22-11-4-7-17(13-22)24-14-16-6-3-10-20-12-16/h3,6,10,12,17H,2,4-5,7-9,11,13-15H2,1H3,(H,21,23)/t17-/m0/s1. The number of nitrogens with one attached hydrogen (secondary N) is 1. The van der Waals surface area contributed by atoms with E-state index >= 15 is 0 Å². The zero-order chi connectivity index (χ0) is 16.8. The van der Waals surface area contributed by atoms with E-state index in [0.29, 0.717) is 18.6 Å². The van der Waals surface area contributed by atoms with Crippen molar-refractivity contribution in [1.29, 1.82) is 0 Å². The van der Waals surface area contributed by atoms with Gasteiger partial charge in [-0.05, 0) is 49.1 Å². The third kappa shape index (κ3) is 4.26. The lowest BCUT2D eigenvalue weighted by Gasteiger charge is -2.42. The largest absolute Gasteiger partial charge is 0.372 e. The van der Waals surface area contributed by atoms with Crippen LogP contribution in [0.4, 0.5) is 4.79 Å². The maximum absolute atomic E-state index is 12.5. The number of amides is 2. The molecule has 2 aliphatic rings. The van der Waals surface area contributed by atoms with Gasteiger partial charge in [0.2, 0.25) is 0 Å². The molecule has 0 radical (unpaired) electrons. The Kier molecular flexibility index (Phi) is 5.72. The summed E-state index contributed by atoms with van der Waals surface area (Å²) in [4.78, 5) is 18.5. The lowest BCUT2D eigenvalue weighted by molar-refractivity contribution is -0.00104. The number of carbonyl (C=O) groups excluding carboxylic acids is 1. The molecule has 2 fully saturated rings. The molecule has 0 aromatic carbocycles. The Morgan fingerprint density at radius 3 is 3.00 bits per heavy atom. The van der Waals surface area contributed by atoms with E-state index in [2.05, 4.69) is 17.2 Å². The fourth-order valence-corrected chi connectivity index (χ4v) is 3.66. The molecular weight excluding hydrogens is 302 g/mol. The van der Waals surface area contributed by atoms with Crippen molar-refractivity contribution in [3.8, 4) is 0 Å². The monoisotopic (exact) mass is 331 g/mol. The molecule has 0 spiro atoms.